The number of carboxylic acids is 1. The van der Waals surface area contributed by atoms with Crippen molar-refractivity contribution in [3.8, 4) is 11.5 Å². The van der Waals surface area contributed by atoms with Gasteiger partial charge >= 0.3 is 5.97 Å². The van der Waals surface area contributed by atoms with Crippen molar-refractivity contribution in [2.24, 2.45) is 11.8 Å². The van der Waals surface area contributed by atoms with Crippen molar-refractivity contribution in [1.82, 2.24) is 5.32 Å². The van der Waals surface area contributed by atoms with Gasteiger partial charge in [-0.05, 0) is 44.9 Å². The van der Waals surface area contributed by atoms with E-state index >= 15 is 0 Å². The highest BCUT2D eigenvalue weighted by Gasteiger charge is 2.48. The summed E-state index contributed by atoms with van der Waals surface area (Å²) < 4.78 is 11.1. The Kier molecular flexibility index (Phi) is 5.47. The zero-order valence-electron chi connectivity index (χ0n) is 13.7. The first-order chi connectivity index (χ1) is 11.0. The van der Waals surface area contributed by atoms with Crippen LogP contribution >= 0.6 is 0 Å². The van der Waals surface area contributed by atoms with Crippen LogP contribution < -0.4 is 14.8 Å². The van der Waals surface area contributed by atoms with Gasteiger partial charge in [0, 0.05) is 0 Å². The summed E-state index contributed by atoms with van der Waals surface area (Å²) in [5.41, 5.74) is 0.887. The third-order valence-electron chi connectivity index (χ3n) is 3.87. The lowest BCUT2D eigenvalue weighted by molar-refractivity contribution is -0.140. The van der Waals surface area contributed by atoms with E-state index < -0.39 is 17.8 Å². The Bertz CT molecular complexity index is 586. The van der Waals surface area contributed by atoms with Gasteiger partial charge in [0.05, 0.1) is 31.1 Å². The summed E-state index contributed by atoms with van der Waals surface area (Å²) in [7, 11) is 0. The van der Waals surface area contributed by atoms with Crippen LogP contribution in [0.25, 0.3) is 0 Å². The van der Waals surface area contributed by atoms with Crippen LogP contribution in [-0.4, -0.2) is 30.2 Å². The predicted octanol–water partition coefficient (Wildman–Crippen LogP) is 2.38. The molecular weight excluding hydrogens is 298 g/mol. The molecule has 6 heteroatoms. The molecule has 1 saturated carbocycles. The molecule has 1 aliphatic rings. The zero-order chi connectivity index (χ0) is 17.0. The maximum absolute atomic E-state index is 12.1. The van der Waals surface area contributed by atoms with Gasteiger partial charge in [0.15, 0.2) is 11.5 Å². The topological polar surface area (TPSA) is 84.9 Å². The van der Waals surface area contributed by atoms with Gasteiger partial charge in [-0.2, -0.15) is 0 Å². The van der Waals surface area contributed by atoms with E-state index in [1.54, 1.807) is 0 Å². The molecule has 0 heterocycles. The highest BCUT2D eigenvalue weighted by Crippen LogP contribution is 2.39. The van der Waals surface area contributed by atoms with Gasteiger partial charge in [0.2, 0.25) is 5.91 Å². The molecular formula is C17H23NO5. The van der Waals surface area contributed by atoms with Gasteiger partial charge in [0.1, 0.15) is 0 Å². The van der Waals surface area contributed by atoms with E-state index in [4.69, 9.17) is 14.6 Å². The second-order valence-electron chi connectivity index (χ2n) is 5.59. The lowest BCUT2D eigenvalue weighted by Gasteiger charge is -2.17. The number of ether oxygens (including phenoxy) is 2. The van der Waals surface area contributed by atoms with E-state index in [-0.39, 0.29) is 11.9 Å². The normalized spacial score (nSPS) is 20.5. The summed E-state index contributed by atoms with van der Waals surface area (Å²) in [5.74, 6) is -0.757. The molecule has 6 nitrogen and oxygen atoms in total. The largest absolute Gasteiger partial charge is 0.490 e. The van der Waals surface area contributed by atoms with Crippen LogP contribution in [0.5, 0.6) is 11.5 Å². The highest BCUT2D eigenvalue weighted by molar-refractivity contribution is 5.89. The van der Waals surface area contributed by atoms with Crippen molar-refractivity contribution in [3.63, 3.8) is 0 Å². The minimum atomic E-state index is -0.905. The Morgan fingerprint density at radius 2 is 1.87 bits per heavy atom. The van der Waals surface area contributed by atoms with Crippen molar-refractivity contribution in [1.29, 1.82) is 0 Å². The third-order valence-corrected chi connectivity index (χ3v) is 3.87. The fourth-order valence-corrected chi connectivity index (χ4v) is 2.50. The second-order valence-corrected chi connectivity index (χ2v) is 5.59. The van der Waals surface area contributed by atoms with Gasteiger partial charge in [0.25, 0.3) is 0 Å². The molecule has 1 fully saturated rings. The molecule has 2 N–H and O–H groups in total. The van der Waals surface area contributed by atoms with E-state index in [9.17, 15) is 9.59 Å². The number of aliphatic carboxylic acids is 1. The first kappa shape index (κ1) is 17.1. The molecule has 2 rings (SSSR count). The number of rotatable bonds is 8. The van der Waals surface area contributed by atoms with E-state index in [0.29, 0.717) is 31.1 Å². The fraction of sp³-hybridized carbons (Fsp3) is 0.529. The van der Waals surface area contributed by atoms with Gasteiger partial charge in [-0.3, -0.25) is 9.59 Å². The van der Waals surface area contributed by atoms with Crippen molar-refractivity contribution in [2.75, 3.05) is 13.2 Å². The number of benzene rings is 1. The first-order valence-corrected chi connectivity index (χ1v) is 7.90. The number of nitrogens with one attached hydrogen (secondary N) is 1. The summed E-state index contributed by atoms with van der Waals surface area (Å²) in [6, 6.07) is 5.32. The monoisotopic (exact) mass is 321 g/mol. The van der Waals surface area contributed by atoms with Crippen molar-refractivity contribution < 1.29 is 24.2 Å². The Morgan fingerprint density at radius 1 is 1.22 bits per heavy atom. The molecule has 1 aromatic carbocycles. The van der Waals surface area contributed by atoms with Crippen LogP contribution in [-0.2, 0) is 9.59 Å². The first-order valence-electron chi connectivity index (χ1n) is 7.90. The van der Waals surface area contributed by atoms with Crippen LogP contribution in [0.1, 0.15) is 38.8 Å². The highest BCUT2D eigenvalue weighted by atomic mass is 16.5. The molecule has 0 aromatic heterocycles. The second kappa shape index (κ2) is 7.35. The Labute approximate surface area is 135 Å². The summed E-state index contributed by atoms with van der Waals surface area (Å²) >= 11 is 0. The van der Waals surface area contributed by atoms with Crippen LogP contribution in [0.15, 0.2) is 18.2 Å². The molecule has 0 saturated heterocycles. The molecule has 126 valence electrons. The molecule has 0 radical (unpaired) electrons. The maximum atomic E-state index is 12.1. The van der Waals surface area contributed by atoms with Crippen molar-refractivity contribution in [2.45, 2.75) is 33.2 Å². The van der Waals surface area contributed by atoms with E-state index in [0.717, 1.165) is 5.56 Å². The number of carbonyl (C=O) groups excluding carboxylic acids is 1. The molecule has 1 aromatic rings. The summed E-state index contributed by atoms with van der Waals surface area (Å²) in [4.78, 5) is 22.9. The minimum Gasteiger partial charge on any atom is -0.490 e. The zero-order valence-corrected chi connectivity index (χ0v) is 13.7. The van der Waals surface area contributed by atoms with Crippen LogP contribution in [0, 0.1) is 11.8 Å². The molecule has 0 spiro atoms. The quantitative estimate of drug-likeness (QED) is 0.768. The maximum Gasteiger partial charge on any atom is 0.307 e. The molecule has 0 bridgehead atoms. The number of hydrogen-bond acceptors (Lipinski definition) is 4. The van der Waals surface area contributed by atoms with Crippen LogP contribution in [0.3, 0.4) is 0 Å². The van der Waals surface area contributed by atoms with Gasteiger partial charge < -0.3 is 19.9 Å². The molecule has 1 amide bonds. The van der Waals surface area contributed by atoms with Gasteiger partial charge in [-0.25, -0.2) is 0 Å². The molecule has 23 heavy (non-hydrogen) atoms. The van der Waals surface area contributed by atoms with Crippen molar-refractivity contribution >= 4 is 11.9 Å². The molecule has 3 atom stereocenters. The van der Waals surface area contributed by atoms with E-state index in [1.807, 2.05) is 39.0 Å². The number of carbonyl (C=O) groups is 2. The lowest BCUT2D eigenvalue weighted by Crippen LogP contribution is -2.29. The average molecular weight is 321 g/mol. The fourth-order valence-electron chi connectivity index (χ4n) is 2.50. The van der Waals surface area contributed by atoms with Gasteiger partial charge in [-0.15, -0.1) is 0 Å². The predicted molar refractivity (Wildman–Crippen MR) is 84.6 cm³/mol. The Morgan fingerprint density at radius 3 is 2.43 bits per heavy atom. The lowest BCUT2D eigenvalue weighted by atomic mass is 10.1. The van der Waals surface area contributed by atoms with E-state index in [2.05, 4.69) is 5.32 Å². The van der Waals surface area contributed by atoms with E-state index in [1.165, 1.54) is 0 Å². The Balaban J connectivity index is 2.04. The number of amides is 1. The standard InChI is InChI=1S/C17H23NO5/c1-4-22-14-7-6-11(8-15(14)23-5-2)10(3)18-16(19)12-9-13(12)17(20)21/h6-8,10,12-13H,4-5,9H2,1-3H3,(H,18,19)(H,20,21)/t10-,12+,13+/m0/s1. The van der Waals surface area contributed by atoms with Gasteiger partial charge in [-0.1, -0.05) is 6.07 Å². The Hall–Kier alpha value is -2.24. The molecule has 0 aliphatic heterocycles. The summed E-state index contributed by atoms with van der Waals surface area (Å²) in [6.07, 6.45) is 0.418. The number of hydrogen-bond donors (Lipinski definition) is 2. The average Bonchev–Trinajstić information content (AvgIpc) is 3.30. The van der Waals surface area contributed by atoms with Crippen molar-refractivity contribution in [3.05, 3.63) is 23.8 Å². The number of carboxylic acid groups (broad SMARTS) is 1. The third kappa shape index (κ3) is 4.15. The van der Waals surface area contributed by atoms with Crippen LogP contribution in [0.4, 0.5) is 0 Å². The SMILES string of the molecule is CCOc1ccc([C@H](C)NC(=O)[C@@H]2C[C@H]2C(=O)O)cc1OCC. The molecule has 0 unspecified atom stereocenters. The van der Waals surface area contributed by atoms with Crippen LogP contribution in [0.2, 0.25) is 0 Å². The summed E-state index contributed by atoms with van der Waals surface area (Å²) in [5, 5.41) is 11.8. The summed E-state index contributed by atoms with van der Waals surface area (Å²) in [6.45, 7) is 6.73. The molecule has 1 aliphatic carbocycles. The smallest absolute Gasteiger partial charge is 0.307 e. The minimum absolute atomic E-state index is 0.211.